The molecule has 182 valence electrons. The second-order valence-electron chi connectivity index (χ2n) is 13.4. The zero-order valence-corrected chi connectivity index (χ0v) is 20.4. The maximum atomic E-state index is 11.2. The Morgan fingerprint density at radius 3 is 2.41 bits per heavy atom. The summed E-state index contributed by atoms with van der Waals surface area (Å²) in [5.74, 6) is 2.66. The monoisotopic (exact) mass is 448 g/mol. The number of aliphatic hydroxyl groups excluding tert-OH is 3. The van der Waals surface area contributed by atoms with Crippen LogP contribution in [0.5, 0.6) is 0 Å². The minimum atomic E-state index is -0.517. The molecule has 5 nitrogen and oxygen atoms in total. The van der Waals surface area contributed by atoms with Crippen molar-refractivity contribution < 1.29 is 24.8 Å². The number of rotatable bonds is 1. The quantitative estimate of drug-likeness (QED) is 0.567. The van der Waals surface area contributed by atoms with Crippen molar-refractivity contribution in [3.8, 4) is 0 Å². The fourth-order valence-corrected chi connectivity index (χ4v) is 10.4. The first-order chi connectivity index (χ1) is 15.1. The van der Waals surface area contributed by atoms with Crippen molar-refractivity contribution in [1.82, 2.24) is 0 Å². The van der Waals surface area contributed by atoms with Crippen LogP contribution in [0.15, 0.2) is 0 Å². The normalized spacial score (nSPS) is 63.7. The first-order valence-corrected chi connectivity index (χ1v) is 13.4. The summed E-state index contributed by atoms with van der Waals surface area (Å²) >= 11 is 0. The summed E-state index contributed by atoms with van der Waals surface area (Å²) in [5.41, 5.74) is -0.259. The van der Waals surface area contributed by atoms with Crippen LogP contribution in [0.4, 0.5) is 0 Å². The van der Waals surface area contributed by atoms with E-state index in [1.54, 1.807) is 0 Å². The smallest absolute Gasteiger partial charge is 0.172 e. The Morgan fingerprint density at radius 2 is 1.69 bits per heavy atom. The van der Waals surface area contributed by atoms with E-state index >= 15 is 0 Å². The Balaban J connectivity index is 1.27. The number of ether oxygens (including phenoxy) is 2. The Morgan fingerprint density at radius 1 is 0.906 bits per heavy atom. The van der Waals surface area contributed by atoms with Gasteiger partial charge < -0.3 is 24.8 Å². The van der Waals surface area contributed by atoms with E-state index in [1.165, 1.54) is 19.3 Å². The van der Waals surface area contributed by atoms with Gasteiger partial charge in [0.2, 0.25) is 0 Å². The van der Waals surface area contributed by atoms with Crippen molar-refractivity contribution >= 4 is 0 Å². The van der Waals surface area contributed by atoms with Crippen molar-refractivity contribution in [2.24, 2.45) is 46.3 Å². The maximum absolute atomic E-state index is 11.2. The molecule has 5 heteroatoms. The van der Waals surface area contributed by atoms with Gasteiger partial charge in [0.15, 0.2) is 5.79 Å². The Kier molecular flexibility index (Phi) is 4.83. The SMILES string of the molecule is C[C@H]1[C@H]2[C@H](C[C@H]3[C@@H]4CC[C@H]5C[C@H](O)C[C@@H](O)[C@]5(C)[C@H]4CC[C@]23C)O[C@]12CC[C@](C)(CO)O2. The van der Waals surface area contributed by atoms with Crippen LogP contribution < -0.4 is 0 Å². The van der Waals surface area contributed by atoms with Gasteiger partial charge in [-0.3, -0.25) is 0 Å². The lowest BCUT2D eigenvalue weighted by Gasteiger charge is -2.62. The van der Waals surface area contributed by atoms with E-state index in [-0.39, 0.29) is 35.7 Å². The van der Waals surface area contributed by atoms with Crippen molar-refractivity contribution in [2.75, 3.05) is 6.61 Å². The lowest BCUT2D eigenvalue weighted by Crippen LogP contribution is -2.59. The van der Waals surface area contributed by atoms with Gasteiger partial charge in [-0.05, 0) is 98.7 Å². The topological polar surface area (TPSA) is 79.2 Å². The van der Waals surface area contributed by atoms with Crippen LogP contribution in [0.2, 0.25) is 0 Å². The first kappa shape index (κ1) is 22.3. The van der Waals surface area contributed by atoms with Crippen molar-refractivity contribution in [3.05, 3.63) is 0 Å². The summed E-state index contributed by atoms with van der Waals surface area (Å²) in [6.07, 6.45) is 8.61. The molecule has 0 aromatic heterocycles. The highest BCUT2D eigenvalue weighted by Gasteiger charge is 2.71. The molecule has 6 rings (SSSR count). The molecule has 13 atom stereocenters. The van der Waals surface area contributed by atoms with Gasteiger partial charge in [0.25, 0.3) is 0 Å². The van der Waals surface area contributed by atoms with Crippen LogP contribution in [0.25, 0.3) is 0 Å². The minimum absolute atomic E-state index is 0.0492. The molecular weight excluding hydrogens is 404 g/mol. The van der Waals surface area contributed by atoms with Gasteiger partial charge in [-0.25, -0.2) is 0 Å². The molecule has 3 N–H and O–H groups in total. The highest BCUT2D eigenvalue weighted by molar-refractivity contribution is 5.17. The van der Waals surface area contributed by atoms with Crippen molar-refractivity contribution in [1.29, 1.82) is 0 Å². The third-order valence-corrected chi connectivity index (χ3v) is 12.2. The molecule has 4 aliphatic carbocycles. The fourth-order valence-electron chi connectivity index (χ4n) is 10.4. The van der Waals surface area contributed by atoms with E-state index in [0.717, 1.165) is 32.1 Å². The lowest BCUT2D eigenvalue weighted by molar-refractivity contribution is -0.263. The number of aliphatic hydroxyl groups is 3. The molecule has 6 aliphatic rings. The number of hydrogen-bond donors (Lipinski definition) is 3. The Bertz CT molecular complexity index is 773. The largest absolute Gasteiger partial charge is 0.393 e. The molecular formula is C27H44O5. The molecule has 0 unspecified atom stereocenters. The summed E-state index contributed by atoms with van der Waals surface area (Å²) in [7, 11) is 0. The summed E-state index contributed by atoms with van der Waals surface area (Å²) in [5, 5.41) is 31.3. The van der Waals surface area contributed by atoms with Crippen molar-refractivity contribution in [2.45, 2.75) is 115 Å². The molecule has 2 heterocycles. The Hall–Kier alpha value is -0.200. The van der Waals surface area contributed by atoms with Gasteiger partial charge >= 0.3 is 0 Å². The zero-order chi connectivity index (χ0) is 22.7. The van der Waals surface area contributed by atoms with Crippen LogP contribution in [0.3, 0.4) is 0 Å². The van der Waals surface area contributed by atoms with E-state index in [2.05, 4.69) is 20.8 Å². The Labute approximate surface area is 193 Å². The lowest BCUT2D eigenvalue weighted by atomic mass is 9.43. The van der Waals surface area contributed by atoms with Gasteiger partial charge in [-0.2, -0.15) is 0 Å². The van der Waals surface area contributed by atoms with Gasteiger partial charge in [-0.15, -0.1) is 0 Å². The molecule has 0 amide bonds. The van der Waals surface area contributed by atoms with E-state index in [4.69, 9.17) is 9.47 Å². The van der Waals surface area contributed by atoms with E-state index in [0.29, 0.717) is 41.9 Å². The van der Waals surface area contributed by atoms with Crippen LogP contribution >= 0.6 is 0 Å². The highest BCUT2D eigenvalue weighted by Crippen LogP contribution is 2.71. The molecule has 4 saturated carbocycles. The summed E-state index contributed by atoms with van der Waals surface area (Å²) in [6.45, 7) is 9.30. The summed E-state index contributed by atoms with van der Waals surface area (Å²) < 4.78 is 13.3. The molecule has 0 radical (unpaired) electrons. The molecule has 6 fully saturated rings. The van der Waals surface area contributed by atoms with E-state index < -0.39 is 11.4 Å². The zero-order valence-electron chi connectivity index (χ0n) is 20.4. The number of hydrogen-bond acceptors (Lipinski definition) is 5. The number of fused-ring (bicyclic) bond motifs is 7. The predicted molar refractivity (Wildman–Crippen MR) is 121 cm³/mol. The fraction of sp³-hybridized carbons (Fsp3) is 1.00. The molecule has 2 saturated heterocycles. The van der Waals surface area contributed by atoms with Crippen molar-refractivity contribution in [3.63, 3.8) is 0 Å². The van der Waals surface area contributed by atoms with Crippen LogP contribution in [-0.2, 0) is 9.47 Å². The molecule has 0 aromatic carbocycles. The highest BCUT2D eigenvalue weighted by atomic mass is 16.7. The predicted octanol–water partition coefficient (Wildman–Crippen LogP) is 3.88. The van der Waals surface area contributed by atoms with Gasteiger partial charge in [-0.1, -0.05) is 20.8 Å². The third kappa shape index (κ3) is 2.69. The van der Waals surface area contributed by atoms with Crippen LogP contribution in [0, 0.1) is 46.3 Å². The second kappa shape index (κ2) is 6.94. The second-order valence-corrected chi connectivity index (χ2v) is 13.4. The summed E-state index contributed by atoms with van der Waals surface area (Å²) in [4.78, 5) is 0. The molecule has 0 aromatic rings. The van der Waals surface area contributed by atoms with Gasteiger partial charge in [0.05, 0.1) is 30.5 Å². The standard InChI is InChI=1S/C27H44O5/c1-15-23-21(31-27(15)10-9-24(2,14-28)32-27)13-20-18-6-5-16-11-17(29)12-22(30)26(16,4)19(18)7-8-25(20,23)3/h15-23,28-30H,5-14H2,1-4H3/t15-,16-,17-,18+,19-,20-,21-,22+,23-,24+,25-,26-,27-/m0/s1. The van der Waals surface area contributed by atoms with Gasteiger partial charge in [0.1, 0.15) is 0 Å². The van der Waals surface area contributed by atoms with Gasteiger partial charge in [0, 0.05) is 12.3 Å². The molecule has 0 bridgehead atoms. The van der Waals surface area contributed by atoms with E-state index in [1.807, 2.05) is 6.92 Å². The molecule has 32 heavy (non-hydrogen) atoms. The van der Waals surface area contributed by atoms with Crippen LogP contribution in [-0.4, -0.2) is 51.6 Å². The van der Waals surface area contributed by atoms with E-state index in [9.17, 15) is 15.3 Å². The maximum Gasteiger partial charge on any atom is 0.172 e. The average molecular weight is 449 g/mol. The van der Waals surface area contributed by atoms with Crippen LogP contribution in [0.1, 0.15) is 85.5 Å². The third-order valence-electron chi connectivity index (χ3n) is 12.2. The molecule has 2 aliphatic heterocycles. The minimum Gasteiger partial charge on any atom is -0.393 e. The summed E-state index contributed by atoms with van der Waals surface area (Å²) in [6, 6.07) is 0. The first-order valence-electron chi connectivity index (χ1n) is 13.4. The molecule has 1 spiro atoms. The average Bonchev–Trinajstić information content (AvgIpc) is 3.33.